The Morgan fingerprint density at radius 3 is 2.49 bits per heavy atom. The molecule has 0 bridgehead atoms. The van der Waals surface area contributed by atoms with Gasteiger partial charge in [-0.15, -0.1) is 10.2 Å². The second-order valence-electron chi connectivity index (χ2n) is 10.3. The van der Waals surface area contributed by atoms with E-state index in [2.05, 4.69) is 30.2 Å². The molecule has 3 aromatic carbocycles. The van der Waals surface area contributed by atoms with Gasteiger partial charge in [-0.05, 0) is 59.9 Å². The molecule has 1 aliphatic rings. The number of carbonyl (C=O) groups is 2. The van der Waals surface area contributed by atoms with E-state index in [-0.39, 0.29) is 24.1 Å². The SMILES string of the molecule is Cc1nc(C)c2c(n1)N(Cc1ccc(-c3ccccc3-c3nnn(C(=O)Oc4cccc(CON(O)O)c4)n3)cc1)C(=O)CC2. The summed E-state index contributed by atoms with van der Waals surface area (Å²) in [6.07, 6.45) is 0.174. The summed E-state index contributed by atoms with van der Waals surface area (Å²) in [5.74, 6) is 1.75. The van der Waals surface area contributed by atoms with Gasteiger partial charge in [0.2, 0.25) is 11.7 Å². The molecule has 1 amide bonds. The van der Waals surface area contributed by atoms with E-state index in [4.69, 9.17) is 15.2 Å². The van der Waals surface area contributed by atoms with Crippen molar-refractivity contribution in [2.45, 2.75) is 39.8 Å². The molecule has 6 rings (SSSR count). The molecule has 0 saturated heterocycles. The molecule has 14 heteroatoms. The van der Waals surface area contributed by atoms with Crippen LogP contribution in [0, 0.1) is 13.8 Å². The van der Waals surface area contributed by atoms with E-state index < -0.39 is 11.5 Å². The van der Waals surface area contributed by atoms with E-state index >= 15 is 0 Å². The highest BCUT2D eigenvalue weighted by molar-refractivity contribution is 5.95. The summed E-state index contributed by atoms with van der Waals surface area (Å²) in [5.41, 5.74) is 5.74. The Kier molecular flexibility index (Phi) is 8.35. The molecular weight excluding hydrogens is 580 g/mol. The summed E-state index contributed by atoms with van der Waals surface area (Å²) in [6, 6.07) is 21.6. The molecular formula is C31H28N8O6. The van der Waals surface area contributed by atoms with Crippen molar-refractivity contribution in [3.63, 3.8) is 0 Å². The highest BCUT2D eigenvalue weighted by Crippen LogP contribution is 2.32. The smallest absolute Gasteiger partial charge is 0.408 e. The zero-order valence-electron chi connectivity index (χ0n) is 24.4. The Balaban J connectivity index is 1.19. The molecule has 45 heavy (non-hydrogen) atoms. The number of hydrogen-bond donors (Lipinski definition) is 2. The summed E-state index contributed by atoms with van der Waals surface area (Å²) in [7, 11) is 0. The maximum absolute atomic E-state index is 12.9. The van der Waals surface area contributed by atoms with Gasteiger partial charge in [-0.2, -0.15) is 0 Å². The van der Waals surface area contributed by atoms with Crippen molar-refractivity contribution < 1.29 is 29.6 Å². The van der Waals surface area contributed by atoms with E-state index in [0.29, 0.717) is 42.2 Å². The Hall–Kier alpha value is -5.41. The van der Waals surface area contributed by atoms with Crippen LogP contribution in [-0.2, 0) is 29.2 Å². The number of hydrogen-bond acceptors (Lipinski definition) is 12. The van der Waals surface area contributed by atoms with Crippen molar-refractivity contribution in [2.24, 2.45) is 0 Å². The van der Waals surface area contributed by atoms with Crippen LogP contribution < -0.4 is 9.64 Å². The molecule has 3 heterocycles. The van der Waals surface area contributed by atoms with E-state index in [0.717, 1.165) is 32.7 Å². The van der Waals surface area contributed by atoms with Gasteiger partial charge in [0.05, 0.1) is 18.5 Å². The highest BCUT2D eigenvalue weighted by Gasteiger charge is 2.28. The lowest BCUT2D eigenvalue weighted by molar-refractivity contribution is -0.497. The summed E-state index contributed by atoms with van der Waals surface area (Å²) < 4.78 is 5.36. The second kappa shape index (κ2) is 12.7. The molecule has 2 N–H and O–H groups in total. The molecule has 0 aliphatic carbocycles. The number of nitrogens with zero attached hydrogens (tertiary/aromatic N) is 8. The Labute approximate surface area is 257 Å². The predicted molar refractivity (Wildman–Crippen MR) is 158 cm³/mol. The Morgan fingerprint density at radius 2 is 1.71 bits per heavy atom. The zero-order valence-corrected chi connectivity index (χ0v) is 24.4. The van der Waals surface area contributed by atoms with Crippen LogP contribution in [0.1, 0.15) is 34.6 Å². The van der Waals surface area contributed by atoms with E-state index in [9.17, 15) is 9.59 Å². The largest absolute Gasteiger partial charge is 0.459 e. The molecule has 0 fully saturated rings. The summed E-state index contributed by atoms with van der Waals surface area (Å²) >= 11 is 0. The van der Waals surface area contributed by atoms with Gasteiger partial charge in [0.15, 0.2) is 0 Å². The highest BCUT2D eigenvalue weighted by atomic mass is 17.1. The van der Waals surface area contributed by atoms with Crippen molar-refractivity contribution in [3.8, 4) is 28.3 Å². The molecule has 0 saturated carbocycles. The average molecular weight is 609 g/mol. The fraction of sp³-hybridized carbons (Fsp3) is 0.194. The quantitative estimate of drug-likeness (QED) is 0.238. The first-order chi connectivity index (χ1) is 21.7. The Morgan fingerprint density at radius 1 is 0.933 bits per heavy atom. The predicted octanol–water partition coefficient (Wildman–Crippen LogP) is 4.45. The van der Waals surface area contributed by atoms with Crippen molar-refractivity contribution >= 4 is 17.8 Å². The molecule has 1 aliphatic heterocycles. The lowest BCUT2D eigenvalue weighted by atomic mass is 9.98. The number of rotatable bonds is 8. The van der Waals surface area contributed by atoms with E-state index in [1.165, 1.54) is 6.07 Å². The maximum Gasteiger partial charge on any atom is 0.459 e. The third kappa shape index (κ3) is 6.58. The standard InChI is InChI=1S/C31H28N8O6/c1-19-25-14-15-28(40)37(30(25)33-20(2)32-19)17-21-10-12-23(13-11-21)26-8-3-4-9-27(26)29-34-36-38(35-29)31(41)45-24-7-5-6-22(16-24)18-44-39(42)43/h3-13,16,42-43H,14-15,17-18H2,1-2H3. The number of benzene rings is 3. The van der Waals surface area contributed by atoms with Gasteiger partial charge in [0.1, 0.15) is 17.4 Å². The third-order valence-corrected chi connectivity index (χ3v) is 7.25. The first-order valence-electron chi connectivity index (χ1n) is 14.0. The van der Waals surface area contributed by atoms with Crippen LogP contribution in [0.3, 0.4) is 0 Å². The number of amides is 1. The molecule has 0 unspecified atom stereocenters. The van der Waals surface area contributed by atoms with Crippen molar-refractivity contribution in [2.75, 3.05) is 4.90 Å². The molecule has 2 aromatic heterocycles. The van der Waals surface area contributed by atoms with E-state index in [1.807, 2.05) is 62.4 Å². The first-order valence-corrected chi connectivity index (χ1v) is 14.0. The summed E-state index contributed by atoms with van der Waals surface area (Å²) in [6.45, 7) is 4.00. The van der Waals surface area contributed by atoms with Gasteiger partial charge >= 0.3 is 6.09 Å². The topological polar surface area (TPSA) is 169 Å². The fourth-order valence-corrected chi connectivity index (χ4v) is 5.16. The van der Waals surface area contributed by atoms with Crippen LogP contribution in [-0.4, -0.2) is 58.0 Å². The van der Waals surface area contributed by atoms with Gasteiger partial charge in [-0.1, -0.05) is 65.5 Å². The van der Waals surface area contributed by atoms with Crippen LogP contribution >= 0.6 is 0 Å². The van der Waals surface area contributed by atoms with Gasteiger partial charge in [0.25, 0.3) is 0 Å². The summed E-state index contributed by atoms with van der Waals surface area (Å²) in [4.78, 5) is 41.7. The molecule has 228 valence electrons. The van der Waals surface area contributed by atoms with Crippen LogP contribution in [0.2, 0.25) is 0 Å². The minimum Gasteiger partial charge on any atom is -0.408 e. The molecule has 5 aromatic rings. The number of fused-ring (bicyclic) bond motifs is 1. The van der Waals surface area contributed by atoms with E-state index in [1.54, 1.807) is 23.1 Å². The van der Waals surface area contributed by atoms with Gasteiger partial charge in [0, 0.05) is 23.2 Å². The second-order valence-corrected chi connectivity index (χ2v) is 10.3. The maximum atomic E-state index is 12.9. The van der Waals surface area contributed by atoms with Crippen molar-refractivity contribution in [3.05, 3.63) is 101 Å². The van der Waals surface area contributed by atoms with Gasteiger partial charge < -0.3 is 4.74 Å². The van der Waals surface area contributed by atoms with Gasteiger partial charge in [-0.25, -0.2) is 19.6 Å². The molecule has 0 atom stereocenters. The van der Waals surface area contributed by atoms with Crippen LogP contribution in [0.4, 0.5) is 10.6 Å². The lowest BCUT2D eigenvalue weighted by Gasteiger charge is -2.29. The van der Waals surface area contributed by atoms with Crippen LogP contribution in [0.15, 0.2) is 72.8 Å². The van der Waals surface area contributed by atoms with Crippen molar-refractivity contribution in [1.29, 1.82) is 0 Å². The number of tetrazole rings is 1. The third-order valence-electron chi connectivity index (χ3n) is 7.25. The molecule has 0 radical (unpaired) electrons. The Bertz CT molecular complexity index is 1870. The zero-order chi connectivity index (χ0) is 31.5. The van der Waals surface area contributed by atoms with Gasteiger partial charge in [-0.3, -0.25) is 20.1 Å². The minimum atomic E-state index is -0.885. The fourth-order valence-electron chi connectivity index (χ4n) is 5.16. The molecule has 14 nitrogen and oxygen atoms in total. The number of anilines is 1. The number of aromatic nitrogens is 6. The normalized spacial score (nSPS) is 12.8. The van der Waals surface area contributed by atoms with Crippen LogP contribution in [0.25, 0.3) is 22.5 Å². The number of carbonyl (C=O) groups excluding carboxylic acids is 2. The first kappa shape index (κ1) is 29.7. The minimum absolute atomic E-state index is 0.0311. The van der Waals surface area contributed by atoms with Crippen molar-refractivity contribution in [1.82, 2.24) is 35.6 Å². The number of aryl methyl sites for hydroxylation is 2. The molecule has 0 spiro atoms. The van der Waals surface area contributed by atoms with Crippen LogP contribution in [0.5, 0.6) is 5.75 Å². The average Bonchev–Trinajstić information content (AvgIpc) is 3.53. The summed E-state index contributed by atoms with van der Waals surface area (Å²) in [5, 5.41) is 29.3. The number of ether oxygens (including phenoxy) is 1. The monoisotopic (exact) mass is 608 g/mol. The lowest BCUT2D eigenvalue weighted by Crippen LogP contribution is -2.36.